The highest BCUT2D eigenvalue weighted by molar-refractivity contribution is 6.05. The second-order valence-corrected chi connectivity index (χ2v) is 6.69. The van der Waals surface area contributed by atoms with Gasteiger partial charge in [-0.2, -0.15) is 5.10 Å². The van der Waals surface area contributed by atoms with Gasteiger partial charge in [-0.25, -0.2) is 19.1 Å². The molecule has 1 aromatic heterocycles. The van der Waals surface area contributed by atoms with E-state index in [1.54, 1.807) is 24.3 Å². The van der Waals surface area contributed by atoms with Crippen molar-refractivity contribution in [2.45, 2.75) is 0 Å². The molecule has 0 radical (unpaired) electrons. The number of nitrogens with one attached hydrogen (secondary N) is 1. The molecule has 0 aliphatic heterocycles. The summed E-state index contributed by atoms with van der Waals surface area (Å²) < 4.78 is 15.4. The molecular weight excluding hydrogens is 434 g/mol. The maximum atomic E-state index is 12.6. The second-order valence-electron chi connectivity index (χ2n) is 6.69. The van der Waals surface area contributed by atoms with Crippen LogP contribution in [0.4, 0.5) is 5.69 Å². The van der Waals surface area contributed by atoms with Crippen LogP contribution in [0.15, 0.2) is 47.3 Å². The maximum Gasteiger partial charge on any atom is 0.359 e. The van der Waals surface area contributed by atoms with E-state index in [4.69, 9.17) is 4.74 Å². The second kappa shape index (κ2) is 9.73. The van der Waals surface area contributed by atoms with E-state index in [2.05, 4.69) is 19.9 Å². The Hall–Kier alpha value is -4.54. The molecule has 1 amide bonds. The van der Waals surface area contributed by atoms with Crippen molar-refractivity contribution in [1.29, 1.82) is 0 Å². The number of benzene rings is 2. The first kappa shape index (κ1) is 23.1. The Balaban J connectivity index is 1.80. The van der Waals surface area contributed by atoms with Crippen LogP contribution in [-0.4, -0.2) is 54.4 Å². The summed E-state index contributed by atoms with van der Waals surface area (Å²) in [6.07, 6.45) is 0. The van der Waals surface area contributed by atoms with Crippen LogP contribution in [-0.2, 0) is 26.1 Å². The van der Waals surface area contributed by atoms with Gasteiger partial charge in [0.2, 0.25) is 0 Å². The number of aryl methyl sites for hydroxylation is 1. The molecule has 0 spiro atoms. The summed E-state index contributed by atoms with van der Waals surface area (Å²) in [5, 5.41) is 6.90. The van der Waals surface area contributed by atoms with Gasteiger partial charge in [0.15, 0.2) is 12.3 Å². The van der Waals surface area contributed by atoms with E-state index in [9.17, 15) is 24.0 Å². The average molecular weight is 453 g/mol. The van der Waals surface area contributed by atoms with Crippen molar-refractivity contribution in [2.75, 3.05) is 26.1 Å². The van der Waals surface area contributed by atoms with Gasteiger partial charge in [-0.05, 0) is 24.3 Å². The number of anilines is 1. The molecule has 0 saturated heterocycles. The van der Waals surface area contributed by atoms with Gasteiger partial charge in [0.05, 0.1) is 36.4 Å². The van der Waals surface area contributed by atoms with Crippen molar-refractivity contribution in [3.8, 4) is 0 Å². The number of carbonyl (C=O) groups is 4. The first-order chi connectivity index (χ1) is 15.8. The maximum absolute atomic E-state index is 12.6. The molecule has 1 N–H and O–H groups in total. The lowest BCUT2D eigenvalue weighted by Crippen LogP contribution is -2.26. The predicted octanol–water partition coefficient (Wildman–Crippen LogP) is 1.30. The summed E-state index contributed by atoms with van der Waals surface area (Å²) in [5.41, 5.74) is -0.491. The number of nitrogens with zero attached hydrogens (tertiary/aromatic N) is 2. The third-order valence-corrected chi connectivity index (χ3v) is 4.60. The molecule has 0 saturated carbocycles. The van der Waals surface area contributed by atoms with Crippen molar-refractivity contribution < 1.29 is 33.4 Å². The number of carbonyl (C=O) groups excluding carboxylic acids is 4. The molecule has 0 fully saturated rings. The zero-order valence-corrected chi connectivity index (χ0v) is 17.9. The van der Waals surface area contributed by atoms with Gasteiger partial charge >= 0.3 is 17.9 Å². The highest BCUT2D eigenvalue weighted by Crippen LogP contribution is 2.20. The first-order valence-corrected chi connectivity index (χ1v) is 9.50. The van der Waals surface area contributed by atoms with Gasteiger partial charge in [-0.3, -0.25) is 9.59 Å². The number of aromatic nitrogens is 2. The van der Waals surface area contributed by atoms with E-state index < -0.39 is 30.4 Å². The lowest BCUT2D eigenvalue weighted by Gasteiger charge is -2.12. The van der Waals surface area contributed by atoms with E-state index in [0.29, 0.717) is 0 Å². The minimum atomic E-state index is -0.923. The molecular formula is C22H19N3O8. The zero-order chi connectivity index (χ0) is 24.1. The Labute approximate surface area is 186 Å². The third-order valence-electron chi connectivity index (χ3n) is 4.60. The van der Waals surface area contributed by atoms with Gasteiger partial charge in [0.1, 0.15) is 0 Å². The molecule has 0 unspecified atom stereocenters. The van der Waals surface area contributed by atoms with Gasteiger partial charge in [-0.15, -0.1) is 0 Å². The van der Waals surface area contributed by atoms with Crippen molar-refractivity contribution in [3.05, 3.63) is 69.6 Å². The fourth-order valence-corrected chi connectivity index (χ4v) is 3.02. The van der Waals surface area contributed by atoms with E-state index >= 15 is 0 Å². The molecule has 1 heterocycles. The summed E-state index contributed by atoms with van der Waals surface area (Å²) in [7, 11) is 3.74. The third kappa shape index (κ3) is 4.87. The Bertz CT molecular complexity index is 1330. The molecule has 11 heteroatoms. The van der Waals surface area contributed by atoms with E-state index in [-0.39, 0.29) is 38.8 Å². The van der Waals surface area contributed by atoms with Crippen LogP contribution in [0.3, 0.4) is 0 Å². The minimum absolute atomic E-state index is 0.0180. The van der Waals surface area contributed by atoms with Gasteiger partial charge in [0, 0.05) is 12.4 Å². The SMILES string of the molecule is COC(=O)c1ccc(C(=O)OC)c(NC(=O)COC(=O)c2nn(C)c(=O)c3ccccc23)c1. The summed E-state index contributed by atoms with van der Waals surface area (Å²) in [6, 6.07) is 10.2. The lowest BCUT2D eigenvalue weighted by molar-refractivity contribution is -0.119. The number of fused-ring (bicyclic) bond motifs is 1. The molecule has 170 valence electrons. The standard InChI is InChI=1S/C22H19N3O8/c1-25-19(27)14-7-5-4-6-13(14)18(24-25)22(30)33-11-17(26)23-16-10-12(20(28)31-2)8-9-15(16)21(29)32-3/h4-10H,11H2,1-3H3,(H,23,26). The molecule has 33 heavy (non-hydrogen) atoms. The zero-order valence-electron chi connectivity index (χ0n) is 17.9. The van der Waals surface area contributed by atoms with Crippen LogP contribution in [0.2, 0.25) is 0 Å². The van der Waals surface area contributed by atoms with Crippen molar-refractivity contribution >= 4 is 40.3 Å². The van der Waals surface area contributed by atoms with Gasteiger partial charge in [0.25, 0.3) is 11.5 Å². The van der Waals surface area contributed by atoms with Crippen molar-refractivity contribution in [2.24, 2.45) is 7.05 Å². The number of amides is 1. The summed E-state index contributed by atoms with van der Waals surface area (Å²) in [5.74, 6) is -3.14. The largest absolute Gasteiger partial charge is 0.465 e. The molecule has 11 nitrogen and oxygen atoms in total. The van der Waals surface area contributed by atoms with Crippen molar-refractivity contribution in [3.63, 3.8) is 0 Å². The van der Waals surface area contributed by atoms with Crippen LogP contribution < -0.4 is 10.9 Å². The quantitative estimate of drug-likeness (QED) is 0.431. The smallest absolute Gasteiger partial charge is 0.359 e. The van der Waals surface area contributed by atoms with Crippen molar-refractivity contribution in [1.82, 2.24) is 9.78 Å². The summed E-state index contributed by atoms with van der Waals surface area (Å²) in [4.78, 5) is 60.9. The van der Waals surface area contributed by atoms with E-state index in [1.807, 2.05) is 0 Å². The Morgan fingerprint density at radius 1 is 0.939 bits per heavy atom. The van der Waals surface area contributed by atoms with Crippen LogP contribution in [0.1, 0.15) is 31.2 Å². The summed E-state index contributed by atoms with van der Waals surface area (Å²) in [6.45, 7) is -0.721. The molecule has 3 rings (SSSR count). The predicted molar refractivity (Wildman–Crippen MR) is 115 cm³/mol. The molecule has 0 atom stereocenters. The fourth-order valence-electron chi connectivity index (χ4n) is 3.02. The number of methoxy groups -OCH3 is 2. The van der Waals surface area contributed by atoms with Crippen LogP contribution >= 0.6 is 0 Å². The monoisotopic (exact) mass is 453 g/mol. The number of ether oxygens (including phenoxy) is 3. The average Bonchev–Trinajstić information content (AvgIpc) is 2.83. The Morgan fingerprint density at radius 3 is 2.27 bits per heavy atom. The number of rotatable bonds is 6. The van der Waals surface area contributed by atoms with Gasteiger partial charge in [-0.1, -0.05) is 18.2 Å². The molecule has 3 aromatic rings. The fraction of sp³-hybridized carbons (Fsp3) is 0.182. The Kier molecular flexibility index (Phi) is 6.82. The molecule has 0 aliphatic carbocycles. The van der Waals surface area contributed by atoms with Crippen LogP contribution in [0.25, 0.3) is 10.8 Å². The molecule has 0 aliphatic rings. The lowest BCUT2D eigenvalue weighted by atomic mass is 10.1. The highest BCUT2D eigenvalue weighted by Gasteiger charge is 2.20. The molecule has 0 bridgehead atoms. The topological polar surface area (TPSA) is 143 Å². The number of esters is 3. The van der Waals surface area contributed by atoms with Crippen LogP contribution in [0, 0.1) is 0 Å². The Morgan fingerprint density at radius 2 is 1.61 bits per heavy atom. The van der Waals surface area contributed by atoms with Gasteiger partial charge < -0.3 is 19.5 Å². The number of hydrogen-bond acceptors (Lipinski definition) is 9. The van der Waals surface area contributed by atoms with Crippen LogP contribution in [0.5, 0.6) is 0 Å². The normalized spacial score (nSPS) is 10.4. The summed E-state index contributed by atoms with van der Waals surface area (Å²) >= 11 is 0. The molecule has 2 aromatic carbocycles. The van der Waals surface area contributed by atoms with E-state index in [0.717, 1.165) is 11.8 Å². The minimum Gasteiger partial charge on any atom is -0.465 e. The highest BCUT2D eigenvalue weighted by atomic mass is 16.5. The van der Waals surface area contributed by atoms with E-state index in [1.165, 1.54) is 32.4 Å². The first-order valence-electron chi connectivity index (χ1n) is 9.50. The number of hydrogen-bond donors (Lipinski definition) is 1.